The van der Waals surface area contributed by atoms with Crippen LogP contribution in [0.5, 0.6) is 0 Å². The lowest BCUT2D eigenvalue weighted by molar-refractivity contribution is -0.124. The van der Waals surface area contributed by atoms with E-state index in [1.807, 2.05) is 47.4 Å². The Morgan fingerprint density at radius 2 is 1.83 bits per heavy atom. The SMILES string of the molecule is O=C(C1=NN=CCC1)N1CCN(c2cccc(-c3nc4ccccc4[nH]3)n2)CC1. The minimum Gasteiger partial charge on any atom is -0.353 e. The number of aromatic nitrogens is 3. The number of hydrogen-bond acceptors (Lipinski definition) is 6. The van der Waals surface area contributed by atoms with Crippen LogP contribution in [0.25, 0.3) is 22.6 Å². The predicted octanol–water partition coefficient (Wildman–Crippen LogP) is 2.49. The van der Waals surface area contributed by atoms with Gasteiger partial charge in [-0.2, -0.15) is 10.2 Å². The molecule has 0 atom stereocenters. The minimum atomic E-state index is 0.00508. The van der Waals surface area contributed by atoms with E-state index >= 15 is 0 Å². The first-order valence-corrected chi connectivity index (χ1v) is 9.83. The van der Waals surface area contributed by atoms with Crippen LogP contribution in [-0.2, 0) is 4.79 Å². The summed E-state index contributed by atoms with van der Waals surface area (Å²) in [5, 5.41) is 7.88. The Hall–Kier alpha value is -3.55. The molecule has 8 nitrogen and oxygen atoms in total. The Balaban J connectivity index is 1.30. The van der Waals surface area contributed by atoms with Crippen molar-refractivity contribution in [2.24, 2.45) is 10.2 Å². The number of H-pyrrole nitrogens is 1. The van der Waals surface area contributed by atoms with Crippen molar-refractivity contribution >= 4 is 34.7 Å². The number of hydrogen-bond donors (Lipinski definition) is 1. The number of rotatable bonds is 3. The quantitative estimate of drug-likeness (QED) is 0.748. The van der Waals surface area contributed by atoms with Gasteiger partial charge in [-0.3, -0.25) is 4.79 Å². The Morgan fingerprint density at radius 1 is 0.966 bits per heavy atom. The van der Waals surface area contributed by atoms with Crippen LogP contribution in [-0.4, -0.2) is 63.9 Å². The summed E-state index contributed by atoms with van der Waals surface area (Å²) in [4.78, 5) is 29.4. The summed E-state index contributed by atoms with van der Waals surface area (Å²) in [6, 6.07) is 13.9. The molecule has 0 spiro atoms. The molecule has 2 aliphatic rings. The van der Waals surface area contributed by atoms with Crippen molar-refractivity contribution in [1.82, 2.24) is 19.9 Å². The number of anilines is 1. The van der Waals surface area contributed by atoms with Gasteiger partial charge in [0.25, 0.3) is 5.91 Å². The zero-order valence-electron chi connectivity index (χ0n) is 16.0. The molecular formula is C21H21N7O. The average Bonchev–Trinajstić information content (AvgIpc) is 3.24. The second-order valence-electron chi connectivity index (χ2n) is 7.15. The number of carbonyl (C=O) groups is 1. The average molecular weight is 387 g/mol. The molecule has 1 aromatic carbocycles. The third-order valence-corrected chi connectivity index (χ3v) is 5.27. The lowest BCUT2D eigenvalue weighted by Gasteiger charge is -2.35. The normalized spacial score (nSPS) is 16.9. The molecule has 1 saturated heterocycles. The minimum absolute atomic E-state index is 0.00508. The first-order valence-electron chi connectivity index (χ1n) is 9.83. The van der Waals surface area contributed by atoms with Gasteiger partial charge < -0.3 is 14.8 Å². The molecule has 4 heterocycles. The van der Waals surface area contributed by atoms with Crippen molar-refractivity contribution in [3.63, 3.8) is 0 Å². The van der Waals surface area contributed by atoms with Crippen molar-refractivity contribution in [2.45, 2.75) is 12.8 Å². The molecule has 1 fully saturated rings. The molecule has 8 heteroatoms. The van der Waals surface area contributed by atoms with E-state index in [2.05, 4.69) is 25.1 Å². The zero-order chi connectivity index (χ0) is 19.6. The zero-order valence-corrected chi connectivity index (χ0v) is 16.0. The molecule has 0 unspecified atom stereocenters. The second-order valence-corrected chi connectivity index (χ2v) is 7.15. The van der Waals surface area contributed by atoms with E-state index in [0.29, 0.717) is 25.2 Å². The van der Waals surface area contributed by atoms with Crippen molar-refractivity contribution < 1.29 is 4.79 Å². The molecule has 1 N–H and O–H groups in total. The first-order chi connectivity index (χ1) is 14.3. The number of carbonyl (C=O) groups excluding carboxylic acids is 1. The van der Waals surface area contributed by atoms with Gasteiger partial charge in [0.15, 0.2) is 5.82 Å². The van der Waals surface area contributed by atoms with Gasteiger partial charge in [-0.15, -0.1) is 0 Å². The molecule has 29 heavy (non-hydrogen) atoms. The van der Waals surface area contributed by atoms with Crippen LogP contribution < -0.4 is 4.90 Å². The molecule has 2 aliphatic heterocycles. The highest BCUT2D eigenvalue weighted by Crippen LogP contribution is 2.22. The van der Waals surface area contributed by atoms with Crippen LogP contribution >= 0.6 is 0 Å². The highest BCUT2D eigenvalue weighted by Gasteiger charge is 2.25. The summed E-state index contributed by atoms with van der Waals surface area (Å²) < 4.78 is 0. The summed E-state index contributed by atoms with van der Waals surface area (Å²) in [6.07, 6.45) is 3.20. The van der Waals surface area contributed by atoms with Gasteiger partial charge >= 0.3 is 0 Å². The predicted molar refractivity (Wildman–Crippen MR) is 113 cm³/mol. The van der Waals surface area contributed by atoms with Crippen molar-refractivity contribution in [1.29, 1.82) is 0 Å². The first kappa shape index (κ1) is 17.5. The third kappa shape index (κ3) is 3.49. The van der Waals surface area contributed by atoms with Crippen molar-refractivity contribution in [3.05, 3.63) is 42.5 Å². The number of imidazole rings is 1. The molecule has 0 saturated carbocycles. The molecule has 1 amide bonds. The molecule has 3 aromatic rings. The van der Waals surface area contributed by atoms with Crippen LogP contribution in [0.2, 0.25) is 0 Å². The van der Waals surface area contributed by atoms with Crippen LogP contribution in [0.15, 0.2) is 52.7 Å². The lowest BCUT2D eigenvalue weighted by Crippen LogP contribution is -2.51. The number of nitrogens with one attached hydrogen (secondary N) is 1. The Kier molecular flexibility index (Phi) is 4.51. The van der Waals surface area contributed by atoms with Gasteiger partial charge in [-0.25, -0.2) is 9.97 Å². The van der Waals surface area contributed by atoms with Crippen molar-refractivity contribution in [3.8, 4) is 11.5 Å². The molecule has 146 valence electrons. The van der Waals surface area contributed by atoms with E-state index in [1.165, 1.54) is 0 Å². The molecule has 5 rings (SSSR count). The number of pyridine rings is 1. The molecule has 0 aliphatic carbocycles. The number of benzene rings is 1. The number of aromatic amines is 1. The van der Waals surface area contributed by atoms with Crippen LogP contribution in [0.4, 0.5) is 5.82 Å². The summed E-state index contributed by atoms with van der Waals surface area (Å²) in [6.45, 7) is 2.77. The van der Waals surface area contributed by atoms with E-state index < -0.39 is 0 Å². The van der Waals surface area contributed by atoms with E-state index in [0.717, 1.165) is 47.9 Å². The maximum absolute atomic E-state index is 12.6. The lowest BCUT2D eigenvalue weighted by atomic mass is 10.1. The molecule has 0 bridgehead atoms. The van der Waals surface area contributed by atoms with Crippen molar-refractivity contribution in [2.75, 3.05) is 31.1 Å². The van der Waals surface area contributed by atoms with E-state index in [-0.39, 0.29) is 5.91 Å². The van der Waals surface area contributed by atoms with Gasteiger partial charge in [0.2, 0.25) is 0 Å². The standard InChI is InChI=1S/C21H21N7O/c29-21(18-8-4-10-22-26-18)28-13-11-27(12-14-28)19-9-3-7-17(23-19)20-24-15-5-1-2-6-16(15)25-20/h1-3,5-7,9-10H,4,8,11-14H2,(H,24,25). The molecule has 2 aromatic heterocycles. The van der Waals surface area contributed by atoms with Gasteiger partial charge in [0.1, 0.15) is 17.2 Å². The second kappa shape index (κ2) is 7.46. The smallest absolute Gasteiger partial charge is 0.270 e. The highest BCUT2D eigenvalue weighted by molar-refractivity contribution is 6.39. The van der Waals surface area contributed by atoms with E-state index in [4.69, 9.17) is 4.98 Å². The van der Waals surface area contributed by atoms with Crippen LogP contribution in [0.1, 0.15) is 12.8 Å². The summed E-state index contributed by atoms with van der Waals surface area (Å²) >= 11 is 0. The monoisotopic (exact) mass is 387 g/mol. The third-order valence-electron chi connectivity index (χ3n) is 5.27. The highest BCUT2D eigenvalue weighted by atomic mass is 16.2. The maximum atomic E-state index is 12.6. The fourth-order valence-electron chi connectivity index (χ4n) is 3.70. The Bertz CT molecular complexity index is 1080. The molecular weight excluding hydrogens is 366 g/mol. The number of para-hydroxylation sites is 2. The van der Waals surface area contributed by atoms with Gasteiger partial charge in [-0.05, 0) is 30.7 Å². The van der Waals surface area contributed by atoms with Crippen LogP contribution in [0.3, 0.4) is 0 Å². The number of amides is 1. The maximum Gasteiger partial charge on any atom is 0.270 e. The van der Waals surface area contributed by atoms with Gasteiger partial charge in [0.05, 0.1) is 11.0 Å². The summed E-state index contributed by atoms with van der Waals surface area (Å²) in [5.74, 6) is 1.66. The number of piperazine rings is 1. The van der Waals surface area contributed by atoms with E-state index in [9.17, 15) is 4.79 Å². The Morgan fingerprint density at radius 3 is 2.62 bits per heavy atom. The fraction of sp³-hybridized carbons (Fsp3) is 0.286. The largest absolute Gasteiger partial charge is 0.353 e. The van der Waals surface area contributed by atoms with Gasteiger partial charge in [0, 0.05) is 38.8 Å². The van der Waals surface area contributed by atoms with E-state index in [1.54, 1.807) is 6.21 Å². The summed E-state index contributed by atoms with van der Waals surface area (Å²) in [7, 11) is 0. The van der Waals surface area contributed by atoms with Gasteiger partial charge in [-0.1, -0.05) is 18.2 Å². The fourth-order valence-corrected chi connectivity index (χ4v) is 3.70. The topological polar surface area (TPSA) is 89.8 Å². The number of nitrogens with zero attached hydrogens (tertiary/aromatic N) is 6. The van der Waals surface area contributed by atoms with Crippen LogP contribution in [0, 0.1) is 0 Å². The Labute approximate surface area is 168 Å². The summed E-state index contributed by atoms with van der Waals surface area (Å²) in [5.41, 5.74) is 3.30. The molecule has 0 radical (unpaired) electrons. The number of fused-ring (bicyclic) bond motifs is 1.